The fraction of sp³-hybridized carbons (Fsp3) is 0.400. The van der Waals surface area contributed by atoms with Gasteiger partial charge in [0.15, 0.2) is 0 Å². The Morgan fingerprint density at radius 3 is 2.71 bits per heavy atom. The van der Waals surface area contributed by atoms with Crippen molar-refractivity contribution in [2.45, 2.75) is 31.2 Å². The molecule has 1 fully saturated rings. The minimum Gasteiger partial charge on any atom is -0.394 e. The van der Waals surface area contributed by atoms with Crippen LogP contribution < -0.4 is 5.32 Å². The number of nitro benzene ring substituents is 1. The van der Waals surface area contributed by atoms with E-state index in [9.17, 15) is 15.2 Å². The monoisotopic (exact) mass is 287 g/mol. The fourth-order valence-corrected chi connectivity index (χ4v) is 3.10. The third-order valence-electron chi connectivity index (χ3n) is 4.25. The fourth-order valence-electron chi connectivity index (χ4n) is 3.10. The number of nitrogens with one attached hydrogen (secondary N) is 1. The van der Waals surface area contributed by atoms with Crippen LogP contribution in [0.3, 0.4) is 0 Å². The molecule has 6 heteroatoms. The molecular formula is C15H17N3O3. The van der Waals surface area contributed by atoms with Crippen LogP contribution in [-0.4, -0.2) is 27.2 Å². The summed E-state index contributed by atoms with van der Waals surface area (Å²) < 4.78 is 0. The number of hydrogen-bond acceptors (Lipinski definition) is 5. The summed E-state index contributed by atoms with van der Waals surface area (Å²) in [6.07, 6.45) is 7.12. The molecule has 0 radical (unpaired) electrons. The second-order valence-electron chi connectivity index (χ2n) is 5.58. The van der Waals surface area contributed by atoms with Gasteiger partial charge >= 0.3 is 0 Å². The number of fused-ring (bicyclic) bond motifs is 1. The molecule has 0 amide bonds. The lowest BCUT2D eigenvalue weighted by molar-refractivity contribution is -0.383. The highest BCUT2D eigenvalue weighted by Gasteiger charge is 2.33. The van der Waals surface area contributed by atoms with Gasteiger partial charge in [-0.25, -0.2) is 0 Å². The van der Waals surface area contributed by atoms with Crippen molar-refractivity contribution < 1.29 is 10.0 Å². The molecule has 0 unspecified atom stereocenters. The molecule has 1 aromatic carbocycles. The topological polar surface area (TPSA) is 88.3 Å². The molecule has 1 aliphatic carbocycles. The van der Waals surface area contributed by atoms with E-state index in [0.717, 1.165) is 36.8 Å². The lowest BCUT2D eigenvalue weighted by Crippen LogP contribution is -2.39. The molecule has 0 bridgehead atoms. The van der Waals surface area contributed by atoms with Gasteiger partial charge in [0, 0.05) is 29.5 Å². The number of rotatable bonds is 4. The maximum absolute atomic E-state index is 11.1. The Morgan fingerprint density at radius 1 is 1.29 bits per heavy atom. The van der Waals surface area contributed by atoms with Crippen LogP contribution in [0.25, 0.3) is 10.8 Å². The summed E-state index contributed by atoms with van der Waals surface area (Å²) in [7, 11) is 0. The first-order valence-electron chi connectivity index (χ1n) is 7.05. The minimum absolute atomic E-state index is 0.0492. The van der Waals surface area contributed by atoms with Crippen molar-refractivity contribution in [3.05, 3.63) is 40.7 Å². The van der Waals surface area contributed by atoms with Gasteiger partial charge in [-0.2, -0.15) is 0 Å². The van der Waals surface area contributed by atoms with Crippen molar-refractivity contribution in [1.29, 1.82) is 0 Å². The highest BCUT2D eigenvalue weighted by molar-refractivity contribution is 5.99. The van der Waals surface area contributed by atoms with Crippen LogP contribution in [-0.2, 0) is 0 Å². The molecule has 0 atom stereocenters. The zero-order chi connectivity index (χ0) is 14.9. The van der Waals surface area contributed by atoms with E-state index < -0.39 is 4.92 Å². The Morgan fingerprint density at radius 2 is 2.05 bits per heavy atom. The van der Waals surface area contributed by atoms with Crippen LogP contribution in [0.2, 0.25) is 0 Å². The zero-order valence-corrected chi connectivity index (χ0v) is 11.6. The third kappa shape index (κ3) is 2.42. The number of hydrogen-bond donors (Lipinski definition) is 2. The summed E-state index contributed by atoms with van der Waals surface area (Å²) in [5, 5.41) is 25.5. The van der Waals surface area contributed by atoms with Crippen LogP contribution in [0.1, 0.15) is 25.7 Å². The first-order chi connectivity index (χ1) is 10.2. The van der Waals surface area contributed by atoms with E-state index in [4.69, 9.17) is 0 Å². The van der Waals surface area contributed by atoms with E-state index in [0.29, 0.717) is 5.39 Å². The third-order valence-corrected chi connectivity index (χ3v) is 4.25. The number of aliphatic hydroxyl groups excluding tert-OH is 1. The molecule has 0 aliphatic heterocycles. The van der Waals surface area contributed by atoms with Gasteiger partial charge in [-0.3, -0.25) is 15.1 Å². The highest BCUT2D eigenvalue weighted by atomic mass is 16.6. The molecule has 2 N–H and O–H groups in total. The van der Waals surface area contributed by atoms with Gasteiger partial charge in [-0.1, -0.05) is 12.8 Å². The van der Waals surface area contributed by atoms with Gasteiger partial charge in [-0.05, 0) is 25.0 Å². The number of anilines is 1. The normalized spacial score (nSPS) is 17.0. The number of pyridine rings is 1. The molecule has 1 aromatic heterocycles. The SMILES string of the molecule is O=[N+]([O-])c1ccc(NC2(CO)CCCC2)c2ccncc12. The maximum Gasteiger partial charge on any atom is 0.278 e. The standard InChI is InChI=1S/C15H17N3O3/c19-10-15(6-1-2-7-15)17-13-3-4-14(18(20)21)12-9-16-8-5-11(12)13/h3-5,8-9,17,19H,1-2,6-7,10H2. The Hall–Kier alpha value is -2.21. The minimum atomic E-state index is -0.398. The van der Waals surface area contributed by atoms with E-state index in [2.05, 4.69) is 10.3 Å². The van der Waals surface area contributed by atoms with Crippen molar-refractivity contribution in [1.82, 2.24) is 4.98 Å². The van der Waals surface area contributed by atoms with Crippen molar-refractivity contribution in [2.24, 2.45) is 0 Å². The Kier molecular flexibility index (Phi) is 3.47. The number of non-ortho nitro benzene ring substituents is 1. The van der Waals surface area contributed by atoms with Crippen LogP contribution in [0.5, 0.6) is 0 Å². The van der Waals surface area contributed by atoms with E-state index in [1.807, 2.05) is 0 Å². The first kappa shape index (κ1) is 13.8. The maximum atomic E-state index is 11.1. The Bertz CT molecular complexity index is 681. The second-order valence-corrected chi connectivity index (χ2v) is 5.58. The van der Waals surface area contributed by atoms with Crippen molar-refractivity contribution in [3.63, 3.8) is 0 Å². The van der Waals surface area contributed by atoms with Crippen molar-refractivity contribution >= 4 is 22.1 Å². The van der Waals surface area contributed by atoms with Crippen molar-refractivity contribution in [3.8, 4) is 0 Å². The van der Waals surface area contributed by atoms with Crippen LogP contribution >= 0.6 is 0 Å². The summed E-state index contributed by atoms with van der Waals surface area (Å²) in [5.74, 6) is 0. The van der Waals surface area contributed by atoms with E-state index in [1.165, 1.54) is 12.3 Å². The van der Waals surface area contributed by atoms with Crippen LogP contribution in [0.15, 0.2) is 30.6 Å². The molecule has 21 heavy (non-hydrogen) atoms. The molecular weight excluding hydrogens is 270 g/mol. The zero-order valence-electron chi connectivity index (χ0n) is 11.6. The van der Waals surface area contributed by atoms with Gasteiger partial charge in [0.2, 0.25) is 0 Å². The van der Waals surface area contributed by atoms with Gasteiger partial charge in [0.1, 0.15) is 0 Å². The van der Waals surface area contributed by atoms with E-state index in [1.54, 1.807) is 18.3 Å². The molecule has 1 saturated carbocycles. The molecule has 2 aromatic rings. The summed E-state index contributed by atoms with van der Waals surface area (Å²) in [6, 6.07) is 4.98. The van der Waals surface area contributed by atoms with Gasteiger partial charge in [0.05, 0.1) is 22.5 Å². The summed E-state index contributed by atoms with van der Waals surface area (Å²) >= 11 is 0. The van der Waals surface area contributed by atoms with Crippen LogP contribution in [0, 0.1) is 10.1 Å². The molecule has 110 valence electrons. The number of nitro groups is 1. The lowest BCUT2D eigenvalue weighted by Gasteiger charge is -2.29. The molecule has 6 nitrogen and oxygen atoms in total. The molecule has 1 aliphatic rings. The molecule has 3 rings (SSSR count). The molecule has 0 saturated heterocycles. The summed E-state index contributed by atoms with van der Waals surface area (Å²) in [6.45, 7) is 0.0660. The van der Waals surface area contributed by atoms with E-state index >= 15 is 0 Å². The Balaban J connectivity index is 2.07. The number of benzene rings is 1. The smallest absolute Gasteiger partial charge is 0.278 e. The average molecular weight is 287 g/mol. The van der Waals surface area contributed by atoms with E-state index in [-0.39, 0.29) is 17.8 Å². The quantitative estimate of drug-likeness (QED) is 0.666. The second kappa shape index (κ2) is 5.29. The predicted octanol–water partition coefficient (Wildman–Crippen LogP) is 2.86. The summed E-state index contributed by atoms with van der Waals surface area (Å²) in [5.41, 5.74) is 0.550. The number of nitrogens with zero attached hydrogens (tertiary/aromatic N) is 2. The van der Waals surface area contributed by atoms with Crippen molar-refractivity contribution in [2.75, 3.05) is 11.9 Å². The number of aliphatic hydroxyl groups is 1. The average Bonchev–Trinajstić information content (AvgIpc) is 2.96. The Labute approximate surface area is 122 Å². The first-order valence-corrected chi connectivity index (χ1v) is 7.05. The predicted molar refractivity (Wildman–Crippen MR) is 80.3 cm³/mol. The largest absolute Gasteiger partial charge is 0.394 e. The lowest BCUT2D eigenvalue weighted by atomic mass is 9.97. The van der Waals surface area contributed by atoms with Gasteiger partial charge in [-0.15, -0.1) is 0 Å². The summed E-state index contributed by atoms with van der Waals surface area (Å²) in [4.78, 5) is 14.7. The van der Waals surface area contributed by atoms with Gasteiger partial charge in [0.25, 0.3) is 5.69 Å². The van der Waals surface area contributed by atoms with Crippen LogP contribution in [0.4, 0.5) is 11.4 Å². The van der Waals surface area contributed by atoms with Gasteiger partial charge < -0.3 is 10.4 Å². The molecule has 0 spiro atoms. The number of aromatic nitrogens is 1. The highest BCUT2D eigenvalue weighted by Crippen LogP contribution is 2.37. The molecule has 1 heterocycles.